The Hall–Kier alpha value is -1.39. The van der Waals surface area contributed by atoms with Gasteiger partial charge >= 0.3 is 5.97 Å². The van der Waals surface area contributed by atoms with Gasteiger partial charge in [0.05, 0.1) is 11.7 Å². The number of rotatable bonds is 4. The zero-order chi connectivity index (χ0) is 12.3. The minimum atomic E-state index is -0.939. The van der Waals surface area contributed by atoms with Gasteiger partial charge in [0, 0.05) is 6.54 Å². The van der Waals surface area contributed by atoms with E-state index in [1.54, 1.807) is 12.1 Å². The van der Waals surface area contributed by atoms with E-state index in [0.717, 1.165) is 18.7 Å². The lowest BCUT2D eigenvalue weighted by molar-refractivity contribution is 0.0696. The van der Waals surface area contributed by atoms with Crippen molar-refractivity contribution in [1.82, 2.24) is 4.90 Å². The summed E-state index contributed by atoms with van der Waals surface area (Å²) < 4.78 is 0. The molecule has 2 rings (SSSR count). The van der Waals surface area contributed by atoms with Crippen LogP contribution in [0.5, 0.6) is 0 Å². The van der Waals surface area contributed by atoms with Crippen LogP contribution < -0.4 is 0 Å². The van der Waals surface area contributed by atoms with Crippen LogP contribution in [-0.2, 0) is 0 Å². The average molecular weight is 235 g/mol. The second-order valence-electron chi connectivity index (χ2n) is 4.45. The van der Waals surface area contributed by atoms with Gasteiger partial charge in [-0.25, -0.2) is 4.79 Å². The molecule has 92 valence electrons. The number of nitrogens with zero attached hydrogens (tertiary/aromatic N) is 1. The third-order valence-corrected chi connectivity index (χ3v) is 3.17. The first-order chi connectivity index (χ1) is 8.16. The van der Waals surface area contributed by atoms with Gasteiger partial charge in [-0.15, -0.1) is 0 Å². The van der Waals surface area contributed by atoms with E-state index in [9.17, 15) is 9.90 Å². The van der Waals surface area contributed by atoms with E-state index in [1.165, 1.54) is 25.0 Å². The van der Waals surface area contributed by atoms with Crippen LogP contribution in [0.4, 0.5) is 0 Å². The largest absolute Gasteiger partial charge is 0.478 e. The third-order valence-electron chi connectivity index (χ3n) is 3.17. The highest BCUT2D eigenvalue weighted by Gasteiger charge is 2.17. The van der Waals surface area contributed by atoms with Crippen molar-refractivity contribution in [2.75, 3.05) is 19.6 Å². The third kappa shape index (κ3) is 3.05. The summed E-state index contributed by atoms with van der Waals surface area (Å²) >= 11 is 0. The molecule has 1 aromatic carbocycles. The van der Waals surface area contributed by atoms with Crippen molar-refractivity contribution >= 4 is 5.97 Å². The second-order valence-corrected chi connectivity index (χ2v) is 4.45. The predicted molar refractivity (Wildman–Crippen MR) is 64.0 cm³/mol. The minimum Gasteiger partial charge on any atom is -0.478 e. The van der Waals surface area contributed by atoms with Gasteiger partial charge in [0.1, 0.15) is 0 Å². The molecule has 1 aromatic rings. The lowest BCUT2D eigenvalue weighted by Crippen LogP contribution is -2.25. The van der Waals surface area contributed by atoms with Gasteiger partial charge < -0.3 is 15.1 Å². The maximum atomic E-state index is 10.7. The molecular formula is C13H17NO3. The summed E-state index contributed by atoms with van der Waals surface area (Å²) in [6.07, 6.45) is 1.87. The molecule has 1 aliphatic heterocycles. The van der Waals surface area contributed by atoms with E-state index in [2.05, 4.69) is 4.90 Å². The smallest absolute Gasteiger partial charge is 0.335 e. The minimum absolute atomic E-state index is 0.252. The van der Waals surface area contributed by atoms with Crippen molar-refractivity contribution in [3.63, 3.8) is 0 Å². The highest BCUT2D eigenvalue weighted by atomic mass is 16.4. The van der Waals surface area contributed by atoms with Crippen LogP contribution in [0.1, 0.15) is 34.9 Å². The summed E-state index contributed by atoms with van der Waals surface area (Å²) in [4.78, 5) is 12.9. The van der Waals surface area contributed by atoms with Gasteiger partial charge in [0.15, 0.2) is 0 Å². The van der Waals surface area contributed by atoms with Gasteiger partial charge in [-0.05, 0) is 43.6 Å². The number of benzene rings is 1. The van der Waals surface area contributed by atoms with E-state index in [0.29, 0.717) is 6.54 Å². The Morgan fingerprint density at radius 3 is 2.35 bits per heavy atom. The molecule has 4 nitrogen and oxygen atoms in total. The maximum absolute atomic E-state index is 10.7. The number of hydrogen-bond donors (Lipinski definition) is 2. The van der Waals surface area contributed by atoms with Gasteiger partial charge in [-0.1, -0.05) is 12.1 Å². The van der Waals surface area contributed by atoms with Crippen LogP contribution in [0, 0.1) is 0 Å². The number of carbonyl (C=O) groups is 1. The molecule has 0 amide bonds. The molecule has 1 unspecified atom stereocenters. The molecule has 0 aliphatic carbocycles. The number of carboxylic acid groups (broad SMARTS) is 1. The Balaban J connectivity index is 1.98. The number of hydrogen-bond acceptors (Lipinski definition) is 3. The van der Waals surface area contributed by atoms with E-state index in [1.807, 2.05) is 0 Å². The molecule has 17 heavy (non-hydrogen) atoms. The summed E-state index contributed by atoms with van der Waals surface area (Å²) in [5.41, 5.74) is 1.03. The number of carboxylic acids is 1. The molecule has 1 fully saturated rings. The second kappa shape index (κ2) is 5.29. The first-order valence-corrected chi connectivity index (χ1v) is 5.90. The van der Waals surface area contributed by atoms with Gasteiger partial charge in [-0.2, -0.15) is 0 Å². The van der Waals surface area contributed by atoms with Crippen molar-refractivity contribution in [2.45, 2.75) is 18.9 Å². The van der Waals surface area contributed by atoms with Crippen molar-refractivity contribution < 1.29 is 15.0 Å². The summed E-state index contributed by atoms with van der Waals surface area (Å²) in [5, 5.41) is 18.8. The van der Waals surface area contributed by atoms with E-state index in [-0.39, 0.29) is 5.56 Å². The molecule has 1 atom stereocenters. The molecule has 0 bridgehead atoms. The Morgan fingerprint density at radius 2 is 1.82 bits per heavy atom. The summed E-state index contributed by atoms with van der Waals surface area (Å²) in [6, 6.07) is 6.43. The molecule has 0 spiro atoms. The molecule has 0 radical (unpaired) electrons. The van der Waals surface area contributed by atoms with Crippen LogP contribution >= 0.6 is 0 Å². The average Bonchev–Trinajstić information content (AvgIpc) is 2.82. The molecule has 0 saturated carbocycles. The standard InChI is InChI=1S/C13H17NO3/c15-12(9-14-7-1-2-8-14)10-3-5-11(6-4-10)13(16)17/h3-6,12,15H,1-2,7-9H2,(H,16,17). The zero-order valence-electron chi connectivity index (χ0n) is 9.67. The normalized spacial score (nSPS) is 18.2. The van der Waals surface area contributed by atoms with Crippen LogP contribution in [-0.4, -0.2) is 40.7 Å². The molecule has 1 saturated heterocycles. The van der Waals surface area contributed by atoms with Crippen molar-refractivity contribution in [2.24, 2.45) is 0 Å². The Bertz CT molecular complexity index is 382. The van der Waals surface area contributed by atoms with Crippen molar-refractivity contribution in [1.29, 1.82) is 0 Å². The first-order valence-electron chi connectivity index (χ1n) is 5.90. The molecule has 1 heterocycles. The topological polar surface area (TPSA) is 60.8 Å². The predicted octanol–water partition coefficient (Wildman–Crippen LogP) is 1.51. The van der Waals surface area contributed by atoms with Crippen molar-refractivity contribution in [3.05, 3.63) is 35.4 Å². The summed E-state index contributed by atoms with van der Waals surface area (Å²) in [6.45, 7) is 2.72. The number of aromatic carboxylic acids is 1. The van der Waals surface area contributed by atoms with E-state index >= 15 is 0 Å². The summed E-state index contributed by atoms with van der Waals surface area (Å²) in [5.74, 6) is -0.939. The zero-order valence-corrected chi connectivity index (χ0v) is 9.67. The lowest BCUT2D eigenvalue weighted by atomic mass is 10.1. The molecule has 0 aromatic heterocycles. The highest BCUT2D eigenvalue weighted by Crippen LogP contribution is 2.18. The van der Waals surface area contributed by atoms with Crippen LogP contribution in [0.3, 0.4) is 0 Å². The fraction of sp³-hybridized carbons (Fsp3) is 0.462. The van der Waals surface area contributed by atoms with Crippen molar-refractivity contribution in [3.8, 4) is 0 Å². The van der Waals surface area contributed by atoms with Gasteiger partial charge in [0.2, 0.25) is 0 Å². The highest BCUT2D eigenvalue weighted by molar-refractivity contribution is 5.87. The van der Waals surface area contributed by atoms with Gasteiger partial charge in [-0.3, -0.25) is 0 Å². The number of likely N-dealkylation sites (tertiary alicyclic amines) is 1. The number of aliphatic hydroxyl groups excluding tert-OH is 1. The molecular weight excluding hydrogens is 218 g/mol. The van der Waals surface area contributed by atoms with E-state index in [4.69, 9.17) is 5.11 Å². The lowest BCUT2D eigenvalue weighted by Gasteiger charge is -2.19. The van der Waals surface area contributed by atoms with Crippen LogP contribution in [0.15, 0.2) is 24.3 Å². The quantitative estimate of drug-likeness (QED) is 0.830. The SMILES string of the molecule is O=C(O)c1ccc(C(O)CN2CCCC2)cc1. The first kappa shape index (κ1) is 12.1. The molecule has 1 aliphatic rings. The fourth-order valence-electron chi connectivity index (χ4n) is 2.16. The number of aliphatic hydroxyl groups is 1. The number of β-amino-alcohol motifs (C(OH)–C–C–N with tert-alkyl or cyclic N) is 1. The van der Waals surface area contributed by atoms with E-state index < -0.39 is 12.1 Å². The molecule has 4 heteroatoms. The van der Waals surface area contributed by atoms with Crippen LogP contribution in [0.25, 0.3) is 0 Å². The Morgan fingerprint density at radius 1 is 1.24 bits per heavy atom. The fourth-order valence-corrected chi connectivity index (χ4v) is 2.16. The Kier molecular flexibility index (Phi) is 3.76. The Labute approximate surface area is 100 Å². The molecule has 2 N–H and O–H groups in total. The summed E-state index contributed by atoms with van der Waals surface area (Å²) in [7, 11) is 0. The maximum Gasteiger partial charge on any atom is 0.335 e. The monoisotopic (exact) mass is 235 g/mol. The van der Waals surface area contributed by atoms with Gasteiger partial charge in [0.25, 0.3) is 0 Å². The van der Waals surface area contributed by atoms with Crippen LogP contribution in [0.2, 0.25) is 0 Å².